The van der Waals surface area contributed by atoms with E-state index in [0.29, 0.717) is 0 Å². The molecule has 0 aromatic carbocycles. The van der Waals surface area contributed by atoms with E-state index in [4.69, 9.17) is 14.3 Å². The number of rotatable bonds is 0. The van der Waals surface area contributed by atoms with E-state index in [1.165, 1.54) is 0 Å². The third-order valence-electron chi connectivity index (χ3n) is 0. The van der Waals surface area contributed by atoms with Crippen LogP contribution in [0.4, 0.5) is 0 Å². The molecular weight excluding hydrogens is 165 g/mol. The van der Waals surface area contributed by atoms with E-state index >= 15 is 0 Å². The van der Waals surface area contributed by atoms with Crippen molar-refractivity contribution in [2.24, 2.45) is 0 Å². The predicted octanol–water partition coefficient (Wildman–Crippen LogP) is -0.478. The van der Waals surface area contributed by atoms with E-state index in [1.807, 2.05) is 0 Å². The van der Waals surface area contributed by atoms with Gasteiger partial charge in [0.05, 0.1) is 0 Å². The standard InChI is InChI=1S/4O.Ru/q;;;;-2. The summed E-state index contributed by atoms with van der Waals surface area (Å²) in [6.45, 7) is 0. The molecule has 0 atom stereocenters. The molecule has 0 fully saturated rings. The first kappa shape index (κ1) is 4.82. The van der Waals surface area contributed by atoms with Gasteiger partial charge >= 0.3 is 28.9 Å². The van der Waals surface area contributed by atoms with E-state index < -0.39 is 14.6 Å². The fraction of sp³-hybridized carbons (Fsp3) is 0. The molecule has 5 heteroatoms. The molecule has 0 rings (SSSR count). The molecule has 0 heterocycles. The van der Waals surface area contributed by atoms with Gasteiger partial charge in [-0.2, -0.15) is 0 Å². The zero-order valence-corrected chi connectivity index (χ0v) is 3.72. The van der Waals surface area contributed by atoms with E-state index in [9.17, 15) is 0 Å². The van der Waals surface area contributed by atoms with Crippen molar-refractivity contribution in [3.63, 3.8) is 0 Å². The molecule has 0 saturated carbocycles. The van der Waals surface area contributed by atoms with Crippen molar-refractivity contribution in [2.75, 3.05) is 0 Å². The van der Waals surface area contributed by atoms with Crippen LogP contribution < -0.4 is 0 Å². The van der Waals surface area contributed by atoms with Gasteiger partial charge in [0.15, 0.2) is 0 Å². The van der Waals surface area contributed by atoms with Gasteiger partial charge in [-0.05, 0) is 0 Å². The van der Waals surface area contributed by atoms with Crippen molar-refractivity contribution in [3.05, 3.63) is 0 Å². The molecule has 0 radical (unpaired) electrons. The first-order valence-electron chi connectivity index (χ1n) is 0.577. The van der Waals surface area contributed by atoms with Crippen LogP contribution in [0.2, 0.25) is 0 Å². The monoisotopic (exact) mass is 166 g/mol. The van der Waals surface area contributed by atoms with E-state index in [-0.39, 0.29) is 0 Å². The third kappa shape index (κ3) is 407. The maximum absolute atomic E-state index is 8.61. The van der Waals surface area contributed by atoms with E-state index in [2.05, 4.69) is 0 Å². The topological polar surface area (TPSA) is 68.3 Å². The van der Waals surface area contributed by atoms with Gasteiger partial charge in [-0.3, -0.25) is 0 Å². The Hall–Kier alpha value is -0.177. The molecule has 0 aliphatic rings. The molecule has 0 aromatic rings. The summed E-state index contributed by atoms with van der Waals surface area (Å²) in [5, 5.41) is 0. The zero-order valence-electron chi connectivity index (χ0n) is 1.99. The van der Waals surface area contributed by atoms with Gasteiger partial charge in [-0.25, -0.2) is 0 Å². The summed E-state index contributed by atoms with van der Waals surface area (Å²) in [5.74, 6) is 0. The Labute approximate surface area is 29.7 Å². The molecule has 0 unspecified atom stereocenters. The molecule has 0 N–H and O–H groups in total. The Morgan fingerprint density at radius 1 is 0.800 bits per heavy atom. The summed E-state index contributed by atoms with van der Waals surface area (Å²) in [6.07, 6.45) is 0. The molecular formula is O4Ru-2. The summed E-state index contributed by atoms with van der Waals surface area (Å²) < 4.78 is 34.4. The van der Waals surface area contributed by atoms with Gasteiger partial charge in [-0.1, -0.05) is 0 Å². The fourth-order valence-electron chi connectivity index (χ4n) is 0. The average Bonchev–Trinajstić information content (AvgIpc) is 0.722. The van der Waals surface area contributed by atoms with Crippen molar-refractivity contribution in [1.82, 2.24) is 0 Å². The second kappa shape index (κ2) is 0.899. The first-order chi connectivity index (χ1) is 2.00. The average molecular weight is 165 g/mol. The van der Waals surface area contributed by atoms with Crippen LogP contribution in [0.15, 0.2) is 0 Å². The number of hydrogen-bond donors (Lipinski definition) is 0. The normalized spacial score (nSPS) is 14.4. The zero-order chi connectivity index (χ0) is 4.50. The molecule has 0 aliphatic carbocycles. The van der Waals surface area contributed by atoms with Gasteiger partial charge in [0.1, 0.15) is 0 Å². The Balaban J connectivity index is 6.05. The minimum atomic E-state index is -5.86. The third-order valence-corrected chi connectivity index (χ3v) is 0. The Kier molecular flexibility index (Phi) is 0.867. The van der Waals surface area contributed by atoms with Crippen LogP contribution in [-0.4, -0.2) is 0 Å². The molecule has 0 aromatic heterocycles. The summed E-state index contributed by atoms with van der Waals surface area (Å²) >= 11 is -5.86. The summed E-state index contributed by atoms with van der Waals surface area (Å²) in [5.41, 5.74) is 0. The molecule has 0 aliphatic heterocycles. The molecule has 0 amide bonds. The fourth-order valence-corrected chi connectivity index (χ4v) is 0. The van der Waals surface area contributed by atoms with Crippen LogP contribution in [0.3, 0.4) is 0 Å². The van der Waals surface area contributed by atoms with Gasteiger partial charge in [0.25, 0.3) is 0 Å². The van der Waals surface area contributed by atoms with Crippen LogP contribution in [0.1, 0.15) is 0 Å². The Morgan fingerprint density at radius 2 is 0.800 bits per heavy atom. The van der Waals surface area contributed by atoms with Gasteiger partial charge in [0, 0.05) is 0 Å². The molecule has 0 bridgehead atoms. The molecule has 0 spiro atoms. The quantitative estimate of drug-likeness (QED) is 0.454. The van der Waals surface area contributed by atoms with Crippen molar-refractivity contribution in [3.8, 4) is 0 Å². The van der Waals surface area contributed by atoms with Crippen LogP contribution >= 0.6 is 0 Å². The van der Waals surface area contributed by atoms with Crippen molar-refractivity contribution < 1.29 is 28.9 Å². The van der Waals surface area contributed by atoms with Crippen LogP contribution in [0.5, 0.6) is 0 Å². The Morgan fingerprint density at radius 3 is 0.800 bits per heavy atom. The van der Waals surface area contributed by atoms with Crippen LogP contribution in [0, 0.1) is 0 Å². The first-order valence-corrected chi connectivity index (χ1v) is 3.42. The van der Waals surface area contributed by atoms with E-state index in [0.717, 1.165) is 0 Å². The van der Waals surface area contributed by atoms with Gasteiger partial charge in [0.2, 0.25) is 0 Å². The molecule has 4 nitrogen and oxygen atoms in total. The van der Waals surface area contributed by atoms with Crippen molar-refractivity contribution in [2.45, 2.75) is 0 Å². The molecule has 0 saturated heterocycles. The van der Waals surface area contributed by atoms with Gasteiger partial charge < -0.3 is 0 Å². The van der Waals surface area contributed by atoms with Crippen molar-refractivity contribution >= 4 is 0 Å². The van der Waals surface area contributed by atoms with Gasteiger partial charge in [-0.15, -0.1) is 0 Å². The summed E-state index contributed by atoms with van der Waals surface area (Å²) in [4.78, 5) is 0. The van der Waals surface area contributed by atoms with Crippen molar-refractivity contribution in [1.29, 1.82) is 0 Å². The van der Waals surface area contributed by atoms with Crippen LogP contribution in [0.25, 0.3) is 0 Å². The second-order valence-electron chi connectivity index (χ2n) is 0.354. The SMILES string of the molecule is [O]=[Ru-2](=[O])(=[O])=[O]. The number of hydrogen-bond acceptors (Lipinski definition) is 4. The minimum absolute atomic E-state index is 5.86. The maximum atomic E-state index is 8.61. The summed E-state index contributed by atoms with van der Waals surface area (Å²) in [7, 11) is 0. The Bertz CT molecular complexity index is 155. The summed E-state index contributed by atoms with van der Waals surface area (Å²) in [6, 6.07) is 0. The van der Waals surface area contributed by atoms with E-state index in [1.54, 1.807) is 0 Å². The van der Waals surface area contributed by atoms with Crippen LogP contribution in [-0.2, 0) is 28.9 Å². The second-order valence-corrected chi connectivity index (χ2v) is 2.09. The predicted molar refractivity (Wildman–Crippen MR) is 2.75 cm³/mol. The molecule has 34 valence electrons. The molecule has 5 heavy (non-hydrogen) atoms.